The molecule has 1 unspecified atom stereocenters. The minimum atomic E-state index is -4.72. The van der Waals surface area contributed by atoms with Crippen molar-refractivity contribution in [2.24, 2.45) is 11.8 Å². The summed E-state index contributed by atoms with van der Waals surface area (Å²) in [6.45, 7) is 0. The smallest absolute Gasteiger partial charge is 0.347 e. The van der Waals surface area contributed by atoms with E-state index in [0.29, 0.717) is 44.0 Å². The van der Waals surface area contributed by atoms with Crippen molar-refractivity contribution < 1.29 is 40.3 Å². The number of pyridine rings is 1. The molecule has 1 saturated heterocycles. The van der Waals surface area contributed by atoms with Gasteiger partial charge in [0.25, 0.3) is 5.91 Å². The lowest BCUT2D eigenvalue weighted by molar-refractivity contribution is -0.138. The third kappa shape index (κ3) is 4.64. The molecule has 1 aliphatic heterocycles. The summed E-state index contributed by atoms with van der Waals surface area (Å²) in [4.78, 5) is 31.1. The van der Waals surface area contributed by atoms with Gasteiger partial charge in [0.2, 0.25) is 5.91 Å². The number of aromatic nitrogens is 1. The molecule has 2 saturated carbocycles. The molecule has 0 spiro atoms. The highest BCUT2D eigenvalue weighted by molar-refractivity contribution is 5.98. The van der Waals surface area contributed by atoms with E-state index < -0.39 is 53.2 Å². The van der Waals surface area contributed by atoms with E-state index in [1.165, 1.54) is 4.90 Å². The quantitative estimate of drug-likeness (QED) is 0.562. The Labute approximate surface area is 200 Å². The Morgan fingerprint density at radius 1 is 0.972 bits per heavy atom. The number of carbonyl (C=O) groups excluding carboxylic acids is 2. The topological polar surface area (TPSA) is 62.3 Å². The Bertz CT molecular complexity index is 1210. The van der Waals surface area contributed by atoms with Crippen molar-refractivity contribution in [3.8, 4) is 0 Å². The molecule has 3 aliphatic rings. The normalized spacial score (nSPS) is 24.3. The van der Waals surface area contributed by atoms with Gasteiger partial charge in [-0.1, -0.05) is 6.07 Å². The molecule has 36 heavy (non-hydrogen) atoms. The van der Waals surface area contributed by atoms with Crippen LogP contribution in [0, 0.1) is 17.7 Å². The molecule has 5 rings (SSSR count). The van der Waals surface area contributed by atoms with E-state index in [9.17, 15) is 40.3 Å². The minimum Gasteiger partial charge on any atom is -0.347 e. The molecule has 0 radical (unpaired) electrons. The maximum atomic E-state index is 14.7. The second-order valence-electron chi connectivity index (χ2n) is 9.54. The first kappa shape index (κ1) is 24.5. The van der Waals surface area contributed by atoms with Crippen molar-refractivity contribution >= 4 is 11.8 Å². The number of fused-ring (bicyclic) bond motifs is 1. The standard InChI is InChI=1S/C24H20F7N3O2/c25-17-8-14(23(26,27)28)3-4-16(17)20(11-1-2-11)33-21(35)19-7-12-6-18(12)34(19)22(36)13-5-15(10-32-9-13)24(29,30)31/h3-5,8-12,18-20H,1-2,6-7H2,(H,33,35)/t12-,18-,19-,20?/m1/s1. The average molecular weight is 515 g/mol. The van der Waals surface area contributed by atoms with Crippen molar-refractivity contribution in [2.45, 2.75) is 56.2 Å². The molecule has 1 aromatic heterocycles. The number of hydrogen-bond donors (Lipinski definition) is 1. The van der Waals surface area contributed by atoms with E-state index in [2.05, 4.69) is 10.3 Å². The van der Waals surface area contributed by atoms with Crippen LogP contribution < -0.4 is 5.32 Å². The van der Waals surface area contributed by atoms with Crippen LogP contribution in [0.1, 0.15) is 58.8 Å². The molecule has 2 aliphatic carbocycles. The highest BCUT2D eigenvalue weighted by Crippen LogP contribution is 2.49. The largest absolute Gasteiger partial charge is 0.417 e. The van der Waals surface area contributed by atoms with Gasteiger partial charge in [0.05, 0.1) is 22.7 Å². The molecule has 1 N–H and O–H groups in total. The first-order valence-corrected chi connectivity index (χ1v) is 11.4. The van der Waals surface area contributed by atoms with Gasteiger partial charge in [-0.15, -0.1) is 0 Å². The van der Waals surface area contributed by atoms with Crippen LogP contribution in [0.3, 0.4) is 0 Å². The van der Waals surface area contributed by atoms with E-state index in [0.717, 1.165) is 18.3 Å². The van der Waals surface area contributed by atoms with Gasteiger partial charge < -0.3 is 10.2 Å². The molecule has 5 nitrogen and oxygen atoms in total. The van der Waals surface area contributed by atoms with Crippen LogP contribution in [0.15, 0.2) is 36.7 Å². The van der Waals surface area contributed by atoms with E-state index >= 15 is 0 Å². The number of nitrogens with one attached hydrogen (secondary N) is 1. The van der Waals surface area contributed by atoms with Crippen molar-refractivity contribution in [1.82, 2.24) is 15.2 Å². The van der Waals surface area contributed by atoms with Crippen molar-refractivity contribution in [3.63, 3.8) is 0 Å². The summed E-state index contributed by atoms with van der Waals surface area (Å²) in [6.07, 6.45) is -5.63. The Balaban J connectivity index is 1.37. The van der Waals surface area contributed by atoms with Crippen molar-refractivity contribution in [1.29, 1.82) is 0 Å². The van der Waals surface area contributed by atoms with Crippen LogP contribution in [0.5, 0.6) is 0 Å². The van der Waals surface area contributed by atoms with Gasteiger partial charge in [0.15, 0.2) is 0 Å². The number of piperidine rings is 1. The lowest BCUT2D eigenvalue weighted by Gasteiger charge is -2.29. The molecular weight excluding hydrogens is 495 g/mol. The van der Waals surface area contributed by atoms with E-state index in [1.807, 2.05) is 0 Å². The third-order valence-corrected chi connectivity index (χ3v) is 7.01. The van der Waals surface area contributed by atoms with Crippen LogP contribution in [0.25, 0.3) is 0 Å². The SMILES string of the molecule is O=C(NC(c1ccc(C(F)(F)F)cc1F)C1CC1)[C@H]1C[C@H]2C[C@H]2N1C(=O)c1cncc(C(F)(F)F)c1. The maximum absolute atomic E-state index is 14.7. The van der Waals surface area contributed by atoms with Gasteiger partial charge in [-0.05, 0) is 55.7 Å². The lowest BCUT2D eigenvalue weighted by Crippen LogP contribution is -2.49. The number of alkyl halides is 6. The minimum absolute atomic E-state index is 0.0191. The predicted molar refractivity (Wildman–Crippen MR) is 111 cm³/mol. The first-order valence-electron chi connectivity index (χ1n) is 11.4. The van der Waals surface area contributed by atoms with Crippen LogP contribution in [-0.2, 0) is 17.1 Å². The molecule has 2 aromatic rings. The Morgan fingerprint density at radius 3 is 2.28 bits per heavy atom. The van der Waals surface area contributed by atoms with Gasteiger partial charge in [-0.2, -0.15) is 26.3 Å². The van der Waals surface area contributed by atoms with Gasteiger partial charge >= 0.3 is 12.4 Å². The molecule has 2 heterocycles. The molecule has 2 amide bonds. The number of likely N-dealkylation sites (tertiary alicyclic amines) is 1. The molecule has 3 fully saturated rings. The number of rotatable bonds is 5. The van der Waals surface area contributed by atoms with Crippen LogP contribution in [-0.4, -0.2) is 33.8 Å². The summed E-state index contributed by atoms with van der Waals surface area (Å²) in [5.41, 5.74) is -2.62. The van der Waals surface area contributed by atoms with Crippen LogP contribution >= 0.6 is 0 Å². The van der Waals surface area contributed by atoms with Crippen molar-refractivity contribution in [2.75, 3.05) is 0 Å². The summed E-state index contributed by atoms with van der Waals surface area (Å²) < 4.78 is 92.7. The number of hydrogen-bond acceptors (Lipinski definition) is 3. The van der Waals surface area contributed by atoms with Crippen LogP contribution in [0.2, 0.25) is 0 Å². The number of halogens is 7. The monoisotopic (exact) mass is 515 g/mol. The fourth-order valence-corrected chi connectivity index (χ4v) is 4.93. The summed E-state index contributed by atoms with van der Waals surface area (Å²) in [5.74, 6) is -2.63. The van der Waals surface area contributed by atoms with Gasteiger partial charge in [0.1, 0.15) is 11.9 Å². The summed E-state index contributed by atoms with van der Waals surface area (Å²) in [7, 11) is 0. The Hall–Kier alpha value is -3.18. The first-order chi connectivity index (χ1) is 16.8. The summed E-state index contributed by atoms with van der Waals surface area (Å²) >= 11 is 0. The number of nitrogens with zero attached hydrogens (tertiary/aromatic N) is 2. The molecular formula is C24H20F7N3O2. The molecule has 12 heteroatoms. The van der Waals surface area contributed by atoms with Gasteiger partial charge in [-0.3, -0.25) is 14.6 Å². The second-order valence-corrected chi connectivity index (χ2v) is 9.54. The van der Waals surface area contributed by atoms with Gasteiger partial charge in [0, 0.05) is 24.0 Å². The van der Waals surface area contributed by atoms with Gasteiger partial charge in [-0.25, -0.2) is 4.39 Å². The third-order valence-electron chi connectivity index (χ3n) is 7.01. The zero-order chi connectivity index (χ0) is 26.0. The van der Waals surface area contributed by atoms with E-state index in [1.54, 1.807) is 0 Å². The Kier molecular flexibility index (Phi) is 5.75. The molecule has 1 aromatic carbocycles. The fourth-order valence-electron chi connectivity index (χ4n) is 4.93. The summed E-state index contributed by atoms with van der Waals surface area (Å²) in [6, 6.07) is 0.651. The average Bonchev–Trinajstić information content (AvgIpc) is 3.74. The lowest BCUT2D eigenvalue weighted by atomic mass is 9.99. The number of benzene rings is 1. The molecule has 0 bridgehead atoms. The van der Waals surface area contributed by atoms with Crippen molar-refractivity contribution in [3.05, 3.63) is 64.7 Å². The highest BCUT2D eigenvalue weighted by Gasteiger charge is 2.56. The summed E-state index contributed by atoms with van der Waals surface area (Å²) in [5, 5.41) is 2.70. The molecule has 192 valence electrons. The predicted octanol–water partition coefficient (Wildman–Crippen LogP) is 5.13. The number of carbonyl (C=O) groups is 2. The van der Waals surface area contributed by atoms with E-state index in [-0.39, 0.29) is 29.0 Å². The van der Waals surface area contributed by atoms with E-state index in [4.69, 9.17) is 0 Å². The molecule has 4 atom stereocenters. The van der Waals surface area contributed by atoms with Crippen LogP contribution in [0.4, 0.5) is 30.7 Å². The fraction of sp³-hybridized carbons (Fsp3) is 0.458. The Morgan fingerprint density at radius 2 is 1.67 bits per heavy atom. The number of amides is 2. The maximum Gasteiger partial charge on any atom is 0.417 e. The highest BCUT2D eigenvalue weighted by atomic mass is 19.4. The zero-order valence-electron chi connectivity index (χ0n) is 18.5. The zero-order valence-corrected chi connectivity index (χ0v) is 18.5. The second kappa shape index (κ2) is 8.45.